The van der Waals surface area contributed by atoms with Gasteiger partial charge in [0, 0.05) is 6.04 Å². The van der Waals surface area contributed by atoms with Crippen molar-refractivity contribution in [2.75, 3.05) is 12.3 Å². The maximum atomic E-state index is 6.39. The van der Waals surface area contributed by atoms with E-state index in [-0.39, 0.29) is 15.8 Å². The van der Waals surface area contributed by atoms with Crippen molar-refractivity contribution in [2.45, 2.75) is 96.9 Å². The highest BCUT2D eigenvalue weighted by molar-refractivity contribution is 7.59. The zero-order valence-corrected chi connectivity index (χ0v) is 17.0. The Morgan fingerprint density at radius 1 is 0.600 bits per heavy atom. The van der Waals surface area contributed by atoms with Crippen LogP contribution in [-0.4, -0.2) is 41.0 Å². The van der Waals surface area contributed by atoms with E-state index < -0.39 is 0 Å². The van der Waals surface area contributed by atoms with E-state index in [0.29, 0.717) is 6.04 Å². The zero-order chi connectivity index (χ0) is 15.9. The summed E-state index contributed by atoms with van der Waals surface area (Å²) in [6.07, 6.45) is 5.21. The molecule has 0 unspecified atom stereocenters. The summed E-state index contributed by atoms with van der Waals surface area (Å²) in [7, 11) is 0.326. The minimum absolute atomic E-state index is 0.163. The number of hydrogen-bond acceptors (Lipinski definition) is 1. The van der Waals surface area contributed by atoms with Crippen molar-refractivity contribution in [2.24, 2.45) is 5.73 Å². The van der Waals surface area contributed by atoms with Crippen molar-refractivity contribution in [1.29, 1.82) is 0 Å². The molecule has 1 nitrogen and oxygen atoms in total. The molecule has 0 aromatic heterocycles. The van der Waals surface area contributed by atoms with Crippen LogP contribution in [0.5, 0.6) is 0 Å². The van der Waals surface area contributed by atoms with Crippen molar-refractivity contribution < 1.29 is 0 Å². The molecule has 0 aromatic carbocycles. The first-order chi connectivity index (χ1) is 9.16. The van der Waals surface area contributed by atoms with E-state index in [1.54, 1.807) is 0 Å². The van der Waals surface area contributed by atoms with E-state index in [4.69, 9.17) is 5.73 Å². The van der Waals surface area contributed by atoms with Gasteiger partial charge in [-0.1, -0.05) is 55.4 Å². The summed E-state index contributed by atoms with van der Waals surface area (Å²) >= 11 is 0. The van der Waals surface area contributed by atoms with Gasteiger partial charge in [-0.3, -0.25) is 0 Å². The molecular weight excluding hydrogens is 280 g/mol. The first-order valence-corrected chi connectivity index (χ1v) is 11.8. The second-order valence-corrected chi connectivity index (χ2v) is 14.3. The van der Waals surface area contributed by atoms with Crippen LogP contribution in [0.2, 0.25) is 0 Å². The first-order valence-electron chi connectivity index (χ1n) is 8.43. The van der Waals surface area contributed by atoms with Gasteiger partial charge in [-0.05, 0) is 47.8 Å². The van der Waals surface area contributed by atoms with E-state index >= 15 is 0 Å². The standard InChI is InChI=1S/C17H39NP2/c1-13(2)19(14(3)4)11-9-17(18)10-12-20(15(5)6)16(7)8/h13-17H,9-12,18H2,1-8H3. The summed E-state index contributed by atoms with van der Waals surface area (Å²) in [5.74, 6) is 0. The lowest BCUT2D eigenvalue weighted by molar-refractivity contribution is 0.631. The third kappa shape index (κ3) is 8.31. The van der Waals surface area contributed by atoms with E-state index in [1.807, 2.05) is 0 Å². The largest absolute Gasteiger partial charge is 0.328 e. The molecule has 0 fully saturated rings. The van der Waals surface area contributed by atoms with Crippen LogP contribution in [0.25, 0.3) is 0 Å². The van der Waals surface area contributed by atoms with Crippen LogP contribution in [0.1, 0.15) is 68.2 Å². The minimum Gasteiger partial charge on any atom is -0.328 e. The molecule has 0 atom stereocenters. The molecule has 0 radical (unpaired) electrons. The summed E-state index contributed by atoms with van der Waals surface area (Å²) in [5.41, 5.74) is 9.78. The number of hydrogen-bond donors (Lipinski definition) is 1. The van der Waals surface area contributed by atoms with Crippen molar-refractivity contribution in [3.63, 3.8) is 0 Å². The van der Waals surface area contributed by atoms with Gasteiger partial charge in [0.1, 0.15) is 0 Å². The zero-order valence-electron chi connectivity index (χ0n) is 15.2. The third-order valence-corrected chi connectivity index (χ3v) is 11.0. The summed E-state index contributed by atoms with van der Waals surface area (Å²) < 4.78 is 0. The fourth-order valence-electron chi connectivity index (χ4n) is 3.00. The molecule has 0 spiro atoms. The highest BCUT2D eigenvalue weighted by atomic mass is 31.1. The lowest BCUT2D eigenvalue weighted by Gasteiger charge is -2.29. The van der Waals surface area contributed by atoms with Gasteiger partial charge in [0.2, 0.25) is 0 Å². The van der Waals surface area contributed by atoms with Gasteiger partial charge in [-0.25, -0.2) is 0 Å². The van der Waals surface area contributed by atoms with Crippen LogP contribution in [0.4, 0.5) is 0 Å². The van der Waals surface area contributed by atoms with Crippen LogP contribution >= 0.6 is 15.8 Å². The second kappa shape index (κ2) is 10.5. The molecule has 0 bridgehead atoms. The third-order valence-electron chi connectivity index (χ3n) is 4.17. The molecular formula is C17H39NP2. The average molecular weight is 319 g/mol. The van der Waals surface area contributed by atoms with E-state index in [2.05, 4.69) is 55.4 Å². The minimum atomic E-state index is 0.163. The van der Waals surface area contributed by atoms with E-state index in [9.17, 15) is 0 Å². The van der Waals surface area contributed by atoms with Crippen molar-refractivity contribution in [3.8, 4) is 0 Å². The molecule has 0 rings (SSSR count). The van der Waals surface area contributed by atoms with Crippen LogP contribution < -0.4 is 5.73 Å². The van der Waals surface area contributed by atoms with Crippen molar-refractivity contribution >= 4 is 15.8 Å². The van der Waals surface area contributed by atoms with Crippen LogP contribution in [0.15, 0.2) is 0 Å². The second-order valence-electron chi connectivity index (χ2n) is 7.19. The Bertz CT molecular complexity index is 199. The molecule has 122 valence electrons. The monoisotopic (exact) mass is 319 g/mol. The summed E-state index contributed by atoms with van der Waals surface area (Å²) in [6.45, 7) is 19.1. The fourth-order valence-corrected chi connectivity index (χ4v) is 8.71. The maximum absolute atomic E-state index is 6.39. The van der Waals surface area contributed by atoms with E-state index in [1.165, 1.54) is 25.2 Å². The van der Waals surface area contributed by atoms with Crippen LogP contribution in [0, 0.1) is 0 Å². The molecule has 0 amide bonds. The summed E-state index contributed by atoms with van der Waals surface area (Å²) in [5, 5.41) is 0. The summed E-state index contributed by atoms with van der Waals surface area (Å²) in [6, 6.07) is 0.431. The fraction of sp³-hybridized carbons (Fsp3) is 1.00. The molecule has 0 aliphatic carbocycles. The topological polar surface area (TPSA) is 26.0 Å². The van der Waals surface area contributed by atoms with Gasteiger partial charge in [0.25, 0.3) is 0 Å². The van der Waals surface area contributed by atoms with Gasteiger partial charge in [-0.2, -0.15) is 0 Å². The van der Waals surface area contributed by atoms with Crippen LogP contribution in [0.3, 0.4) is 0 Å². The summed E-state index contributed by atoms with van der Waals surface area (Å²) in [4.78, 5) is 0. The van der Waals surface area contributed by atoms with Crippen molar-refractivity contribution in [1.82, 2.24) is 0 Å². The molecule has 20 heavy (non-hydrogen) atoms. The van der Waals surface area contributed by atoms with Gasteiger partial charge in [0.05, 0.1) is 0 Å². The Hall–Kier alpha value is 0.820. The first kappa shape index (κ1) is 20.8. The highest BCUT2D eigenvalue weighted by Gasteiger charge is 2.20. The lowest BCUT2D eigenvalue weighted by Crippen LogP contribution is -2.24. The molecule has 2 N–H and O–H groups in total. The van der Waals surface area contributed by atoms with Gasteiger partial charge in [0.15, 0.2) is 0 Å². The Kier molecular flexibility index (Phi) is 11.0. The predicted octanol–water partition coefficient (Wildman–Crippen LogP) is 5.69. The SMILES string of the molecule is CC(C)P(CCC(N)CCP(C(C)C)C(C)C)C(C)C. The quantitative estimate of drug-likeness (QED) is 0.514. The van der Waals surface area contributed by atoms with Gasteiger partial charge >= 0.3 is 0 Å². The molecule has 3 heteroatoms. The Morgan fingerprint density at radius 3 is 1.05 bits per heavy atom. The normalized spacial score (nSPS) is 13.2. The highest BCUT2D eigenvalue weighted by Crippen LogP contribution is 2.48. The maximum Gasteiger partial charge on any atom is 0.00455 e. The Balaban J connectivity index is 4.13. The molecule has 0 heterocycles. The molecule has 0 aliphatic heterocycles. The average Bonchev–Trinajstić information content (AvgIpc) is 2.27. The number of nitrogens with two attached hydrogens (primary N) is 1. The van der Waals surface area contributed by atoms with Crippen LogP contribution in [-0.2, 0) is 0 Å². The Labute approximate surface area is 131 Å². The van der Waals surface area contributed by atoms with Crippen molar-refractivity contribution in [3.05, 3.63) is 0 Å². The lowest BCUT2D eigenvalue weighted by atomic mass is 10.2. The smallest absolute Gasteiger partial charge is 0.00455 e. The number of rotatable bonds is 10. The molecule has 0 aliphatic rings. The van der Waals surface area contributed by atoms with Gasteiger partial charge < -0.3 is 5.73 Å². The molecule has 0 saturated carbocycles. The van der Waals surface area contributed by atoms with E-state index in [0.717, 1.165) is 22.6 Å². The Morgan fingerprint density at radius 2 is 0.850 bits per heavy atom. The van der Waals surface area contributed by atoms with Gasteiger partial charge in [-0.15, -0.1) is 15.8 Å². The predicted molar refractivity (Wildman–Crippen MR) is 101 cm³/mol. The molecule has 0 aromatic rings. The molecule has 0 saturated heterocycles.